The molecule has 2 aliphatic heterocycles. The number of carbonyl (C=O) groups excluding carboxylic acids is 2. The van der Waals surface area contributed by atoms with E-state index in [0.29, 0.717) is 12.6 Å². The molecule has 1 aromatic carbocycles. The van der Waals surface area contributed by atoms with Gasteiger partial charge in [0.25, 0.3) is 11.8 Å². The molecule has 1 saturated heterocycles. The van der Waals surface area contributed by atoms with Crippen LogP contribution in [0.2, 0.25) is 0 Å². The molecule has 2 N–H and O–H groups in total. The minimum absolute atomic E-state index is 0.0235. The monoisotopic (exact) mass is 435 g/mol. The third kappa shape index (κ3) is 3.15. The van der Waals surface area contributed by atoms with E-state index in [-0.39, 0.29) is 40.5 Å². The molecule has 0 bridgehead atoms. The van der Waals surface area contributed by atoms with Crippen LogP contribution in [0.1, 0.15) is 39.0 Å². The summed E-state index contributed by atoms with van der Waals surface area (Å²) in [5, 5.41) is 12.7. The molecule has 2 atom stereocenters. The van der Waals surface area contributed by atoms with Crippen molar-refractivity contribution >= 4 is 23.6 Å². The lowest BCUT2D eigenvalue weighted by molar-refractivity contribution is 0.0632. The smallest absolute Gasteiger partial charge is 0.275 e. The number of nitrogens with zero attached hydrogens (tertiary/aromatic N) is 2. The zero-order valence-electron chi connectivity index (χ0n) is 16.2. The molecule has 2 aliphatic rings. The first-order chi connectivity index (χ1) is 14.2. The summed E-state index contributed by atoms with van der Waals surface area (Å²) in [5.74, 6) is -2.85. The van der Waals surface area contributed by atoms with Gasteiger partial charge in [-0.3, -0.25) is 14.4 Å². The van der Waals surface area contributed by atoms with E-state index in [1.54, 1.807) is 16.7 Å². The van der Waals surface area contributed by atoms with E-state index in [0.717, 1.165) is 11.8 Å². The maximum Gasteiger partial charge on any atom is 0.275 e. The van der Waals surface area contributed by atoms with E-state index in [4.69, 9.17) is 0 Å². The Morgan fingerprint density at radius 3 is 2.77 bits per heavy atom. The van der Waals surface area contributed by atoms with Crippen LogP contribution < -0.4 is 10.7 Å². The van der Waals surface area contributed by atoms with Crippen molar-refractivity contribution in [1.29, 1.82) is 0 Å². The fraction of sp³-hybridized carbons (Fsp3) is 0.350. The van der Waals surface area contributed by atoms with Gasteiger partial charge in [0.15, 0.2) is 11.4 Å². The van der Waals surface area contributed by atoms with Crippen molar-refractivity contribution < 1.29 is 23.5 Å². The number of aromatic hydroxyl groups is 1. The van der Waals surface area contributed by atoms with Crippen LogP contribution in [0.25, 0.3) is 0 Å². The maximum atomic E-state index is 13.8. The predicted molar refractivity (Wildman–Crippen MR) is 107 cm³/mol. The Bertz CT molecular complexity index is 1130. The van der Waals surface area contributed by atoms with Crippen molar-refractivity contribution in [2.75, 3.05) is 5.75 Å². The zero-order chi connectivity index (χ0) is 21.7. The van der Waals surface area contributed by atoms with Gasteiger partial charge in [-0.05, 0) is 19.9 Å². The van der Waals surface area contributed by atoms with Crippen molar-refractivity contribution in [2.45, 2.75) is 38.4 Å². The van der Waals surface area contributed by atoms with E-state index < -0.39 is 34.6 Å². The molecule has 2 aromatic rings. The number of hydrogen-bond donors (Lipinski definition) is 2. The first-order valence-corrected chi connectivity index (χ1v) is 10.4. The molecule has 3 heterocycles. The largest absolute Gasteiger partial charge is 0.503 e. The average molecular weight is 435 g/mol. The number of rotatable bonds is 3. The Labute approximate surface area is 174 Å². The normalized spacial score (nSPS) is 20.1. The molecule has 30 heavy (non-hydrogen) atoms. The number of amides is 2. The van der Waals surface area contributed by atoms with Gasteiger partial charge < -0.3 is 19.9 Å². The number of benzene rings is 1. The van der Waals surface area contributed by atoms with E-state index in [2.05, 4.69) is 5.32 Å². The van der Waals surface area contributed by atoms with Gasteiger partial charge in [-0.15, -0.1) is 11.8 Å². The summed E-state index contributed by atoms with van der Waals surface area (Å²) in [4.78, 5) is 40.0. The summed E-state index contributed by atoms with van der Waals surface area (Å²) in [5.41, 5.74) is -1.09. The molecule has 0 aliphatic carbocycles. The number of thioether (sulfide) groups is 1. The maximum absolute atomic E-state index is 13.8. The highest BCUT2D eigenvalue weighted by Crippen LogP contribution is 2.37. The highest BCUT2D eigenvalue weighted by Gasteiger charge is 2.43. The molecule has 4 rings (SSSR count). The van der Waals surface area contributed by atoms with Crippen LogP contribution in [0.3, 0.4) is 0 Å². The fourth-order valence-electron chi connectivity index (χ4n) is 3.91. The fourth-order valence-corrected chi connectivity index (χ4v) is 5.29. The van der Waals surface area contributed by atoms with Crippen LogP contribution in [0.5, 0.6) is 5.75 Å². The number of pyridine rings is 1. The lowest BCUT2D eigenvalue weighted by atomic mass is 10.1. The summed E-state index contributed by atoms with van der Waals surface area (Å²) in [7, 11) is 0. The van der Waals surface area contributed by atoms with Gasteiger partial charge in [0.1, 0.15) is 17.2 Å². The highest BCUT2D eigenvalue weighted by atomic mass is 32.2. The van der Waals surface area contributed by atoms with Crippen molar-refractivity contribution in [3.8, 4) is 5.75 Å². The quantitative estimate of drug-likeness (QED) is 0.770. The van der Waals surface area contributed by atoms with E-state index >= 15 is 0 Å². The van der Waals surface area contributed by atoms with Crippen molar-refractivity contribution in [3.63, 3.8) is 0 Å². The summed E-state index contributed by atoms with van der Waals surface area (Å²) >= 11 is 1.60. The van der Waals surface area contributed by atoms with Gasteiger partial charge in [-0.2, -0.15) is 0 Å². The Morgan fingerprint density at radius 2 is 2.07 bits per heavy atom. The second-order valence-electron chi connectivity index (χ2n) is 7.37. The standard InChI is InChI=1S/C20H19F2N3O4S/c1-9-8-30-14-7-24-10(2)15(17(26)18(27)16(24)20(29)25(9)14)19(28)23-6-11-3-4-12(21)5-13(11)22/h3-5,9,14,27H,6-8H2,1-2H3,(H,23,28)/t9-,14?/m0/s1. The molecule has 0 radical (unpaired) electrons. The van der Waals surface area contributed by atoms with Crippen molar-refractivity contribution in [1.82, 2.24) is 14.8 Å². The Hall–Kier alpha value is -2.88. The van der Waals surface area contributed by atoms with Crippen LogP contribution in [-0.4, -0.2) is 43.6 Å². The molecule has 1 aromatic heterocycles. The predicted octanol–water partition coefficient (Wildman–Crippen LogP) is 1.99. The van der Waals surface area contributed by atoms with Crippen LogP contribution in [0.15, 0.2) is 23.0 Å². The molecule has 1 unspecified atom stereocenters. The minimum atomic E-state index is -0.956. The van der Waals surface area contributed by atoms with E-state index in [1.807, 2.05) is 6.92 Å². The number of aromatic nitrogens is 1. The summed E-state index contributed by atoms with van der Waals surface area (Å²) in [6.07, 6.45) is 0. The zero-order valence-corrected chi connectivity index (χ0v) is 17.1. The Morgan fingerprint density at radius 1 is 1.33 bits per heavy atom. The Balaban J connectivity index is 1.68. The molecular weight excluding hydrogens is 416 g/mol. The highest BCUT2D eigenvalue weighted by molar-refractivity contribution is 8.00. The third-order valence-electron chi connectivity index (χ3n) is 5.48. The molecule has 2 amide bonds. The van der Waals surface area contributed by atoms with Crippen molar-refractivity contribution in [3.05, 3.63) is 62.6 Å². The number of hydrogen-bond acceptors (Lipinski definition) is 5. The lowest BCUT2D eigenvalue weighted by Crippen LogP contribution is -2.49. The lowest BCUT2D eigenvalue weighted by Gasteiger charge is -2.35. The summed E-state index contributed by atoms with van der Waals surface area (Å²) in [6.45, 7) is 3.50. The Kier molecular flexibility index (Phi) is 5.05. The van der Waals surface area contributed by atoms with Crippen LogP contribution in [0, 0.1) is 18.6 Å². The van der Waals surface area contributed by atoms with Gasteiger partial charge in [0, 0.05) is 35.7 Å². The van der Waals surface area contributed by atoms with Crippen molar-refractivity contribution in [2.24, 2.45) is 0 Å². The molecule has 1 fully saturated rings. The van der Waals surface area contributed by atoms with E-state index in [1.165, 1.54) is 17.6 Å². The van der Waals surface area contributed by atoms with Gasteiger partial charge in [0.2, 0.25) is 5.43 Å². The molecule has 158 valence electrons. The first kappa shape index (κ1) is 20.4. The second kappa shape index (κ2) is 7.42. The van der Waals surface area contributed by atoms with Crippen LogP contribution in [-0.2, 0) is 13.1 Å². The van der Waals surface area contributed by atoms with Gasteiger partial charge in [-0.25, -0.2) is 8.78 Å². The number of nitrogens with one attached hydrogen (secondary N) is 1. The number of fused-ring (bicyclic) bond motifs is 2. The van der Waals surface area contributed by atoms with Crippen LogP contribution in [0.4, 0.5) is 8.78 Å². The topological polar surface area (TPSA) is 91.6 Å². The first-order valence-electron chi connectivity index (χ1n) is 9.33. The number of carbonyl (C=O) groups is 2. The second-order valence-corrected chi connectivity index (χ2v) is 8.58. The third-order valence-corrected chi connectivity index (χ3v) is 6.91. The van der Waals surface area contributed by atoms with E-state index in [9.17, 15) is 28.3 Å². The van der Waals surface area contributed by atoms with Gasteiger partial charge in [0.05, 0.1) is 11.9 Å². The van der Waals surface area contributed by atoms with Crippen LogP contribution >= 0.6 is 11.8 Å². The minimum Gasteiger partial charge on any atom is -0.503 e. The summed E-state index contributed by atoms with van der Waals surface area (Å²) < 4.78 is 28.3. The average Bonchev–Trinajstić information content (AvgIpc) is 3.06. The molecular formula is C20H19F2N3O4S. The van der Waals surface area contributed by atoms with Gasteiger partial charge in [-0.1, -0.05) is 6.07 Å². The molecule has 0 spiro atoms. The molecule has 10 heteroatoms. The number of halogens is 2. The summed E-state index contributed by atoms with van der Waals surface area (Å²) in [6, 6.07) is 2.93. The SMILES string of the molecule is Cc1c(C(=O)NCc2ccc(F)cc2F)c(=O)c(O)c2n1CC1SC[C@H](C)N1C2=O. The molecule has 0 saturated carbocycles. The molecule has 7 nitrogen and oxygen atoms in total. The van der Waals surface area contributed by atoms with Gasteiger partial charge >= 0.3 is 0 Å².